The van der Waals surface area contributed by atoms with Gasteiger partial charge in [-0.2, -0.15) is 0 Å². The van der Waals surface area contributed by atoms with Crippen molar-refractivity contribution in [3.8, 4) is 12.3 Å². The van der Waals surface area contributed by atoms with Gasteiger partial charge in [0.15, 0.2) is 0 Å². The minimum atomic E-state index is -0.778. The number of barbiturate groups is 1. The lowest BCUT2D eigenvalue weighted by Crippen LogP contribution is -2.60. The van der Waals surface area contributed by atoms with Gasteiger partial charge in [-0.1, -0.05) is 13.8 Å². The Bertz CT molecular complexity index is 384. The van der Waals surface area contributed by atoms with E-state index in [2.05, 4.69) is 11.2 Å². The monoisotopic (exact) mass is 236 g/mol. The summed E-state index contributed by atoms with van der Waals surface area (Å²) in [5.41, 5.74) is 0. The van der Waals surface area contributed by atoms with Crippen LogP contribution < -0.4 is 5.32 Å². The normalized spacial score (nSPS) is 22.1. The Morgan fingerprint density at radius 2 is 2.06 bits per heavy atom. The molecule has 0 saturated carbocycles. The maximum Gasteiger partial charge on any atom is 0.331 e. The fourth-order valence-electron chi connectivity index (χ4n) is 1.89. The number of hydrogen-bond donors (Lipinski definition) is 1. The van der Waals surface area contributed by atoms with Crippen LogP contribution in [0.25, 0.3) is 0 Å². The second-order valence-electron chi connectivity index (χ2n) is 3.93. The molecule has 0 spiro atoms. The number of carbonyl (C=O) groups is 3. The highest BCUT2D eigenvalue weighted by Crippen LogP contribution is 2.19. The van der Waals surface area contributed by atoms with Crippen LogP contribution >= 0.6 is 0 Å². The van der Waals surface area contributed by atoms with Crippen LogP contribution in [0, 0.1) is 18.3 Å². The van der Waals surface area contributed by atoms with Gasteiger partial charge in [-0.05, 0) is 12.8 Å². The van der Waals surface area contributed by atoms with Gasteiger partial charge in [0.25, 0.3) is 0 Å². The molecule has 0 radical (unpaired) electrons. The lowest BCUT2D eigenvalue weighted by atomic mass is 9.99. The average Bonchev–Trinajstić information content (AvgIpc) is 2.27. The average molecular weight is 236 g/mol. The van der Waals surface area contributed by atoms with Crippen LogP contribution in [0.3, 0.4) is 0 Å². The Labute approximate surface area is 101 Å². The largest absolute Gasteiger partial charge is 0.331 e. The SMILES string of the molecule is C#CCC(CC)N1C(=O)NC(=O)C(CC)C1=O. The molecular formula is C12H16N2O3. The van der Waals surface area contributed by atoms with E-state index in [-0.39, 0.29) is 6.04 Å². The standard InChI is InChI=1S/C12H16N2O3/c1-4-7-8(5-2)14-11(16)9(6-3)10(15)13-12(14)17/h1,8-9H,5-7H2,2-3H3,(H,13,15,17). The molecule has 1 saturated heterocycles. The number of nitrogens with zero attached hydrogens (tertiary/aromatic N) is 1. The van der Waals surface area contributed by atoms with Gasteiger partial charge < -0.3 is 0 Å². The molecule has 0 aromatic carbocycles. The van der Waals surface area contributed by atoms with Crippen LogP contribution in [0.15, 0.2) is 0 Å². The molecule has 2 atom stereocenters. The zero-order valence-corrected chi connectivity index (χ0v) is 10.0. The fraction of sp³-hybridized carbons (Fsp3) is 0.583. The van der Waals surface area contributed by atoms with Crippen LogP contribution in [-0.2, 0) is 9.59 Å². The number of terminal acetylenes is 1. The third-order valence-electron chi connectivity index (χ3n) is 2.90. The molecule has 0 aromatic heterocycles. The van der Waals surface area contributed by atoms with Gasteiger partial charge in [0.1, 0.15) is 5.92 Å². The van der Waals surface area contributed by atoms with Gasteiger partial charge in [-0.3, -0.25) is 19.8 Å². The molecule has 1 fully saturated rings. The number of nitrogens with one attached hydrogen (secondary N) is 1. The van der Waals surface area contributed by atoms with E-state index in [9.17, 15) is 14.4 Å². The first-order chi connectivity index (χ1) is 8.06. The summed E-state index contributed by atoms with van der Waals surface area (Å²) in [6.45, 7) is 3.58. The van der Waals surface area contributed by atoms with Gasteiger partial charge in [0.05, 0.1) is 6.04 Å². The van der Waals surface area contributed by atoms with Gasteiger partial charge in [-0.25, -0.2) is 4.79 Å². The summed E-state index contributed by atoms with van der Waals surface area (Å²) in [4.78, 5) is 36.2. The van der Waals surface area contributed by atoms with E-state index >= 15 is 0 Å². The Morgan fingerprint density at radius 1 is 1.41 bits per heavy atom. The van der Waals surface area contributed by atoms with Crippen LogP contribution in [0.5, 0.6) is 0 Å². The van der Waals surface area contributed by atoms with Crippen molar-refractivity contribution in [3.63, 3.8) is 0 Å². The fourth-order valence-corrected chi connectivity index (χ4v) is 1.89. The highest BCUT2D eigenvalue weighted by atomic mass is 16.2. The molecule has 2 unspecified atom stereocenters. The molecule has 0 aliphatic carbocycles. The van der Waals surface area contributed by atoms with Crippen molar-refractivity contribution < 1.29 is 14.4 Å². The second-order valence-corrected chi connectivity index (χ2v) is 3.93. The van der Waals surface area contributed by atoms with Crippen molar-refractivity contribution in [1.82, 2.24) is 10.2 Å². The number of hydrogen-bond acceptors (Lipinski definition) is 3. The Morgan fingerprint density at radius 3 is 2.53 bits per heavy atom. The maximum atomic E-state index is 12.0. The maximum absolute atomic E-state index is 12.0. The number of rotatable bonds is 4. The summed E-state index contributed by atoms with van der Waals surface area (Å²) in [5, 5.41) is 2.19. The van der Waals surface area contributed by atoms with E-state index in [1.54, 1.807) is 6.92 Å². The molecule has 1 N–H and O–H groups in total. The molecule has 5 nitrogen and oxygen atoms in total. The smallest absolute Gasteiger partial charge is 0.277 e. The van der Waals surface area contributed by atoms with Crippen LogP contribution in [0.1, 0.15) is 33.1 Å². The molecule has 1 aliphatic heterocycles. The first kappa shape index (κ1) is 13.2. The molecule has 0 aromatic rings. The van der Waals surface area contributed by atoms with E-state index in [1.165, 1.54) is 0 Å². The molecule has 1 aliphatic rings. The van der Waals surface area contributed by atoms with Crippen LogP contribution in [0.2, 0.25) is 0 Å². The van der Waals surface area contributed by atoms with Crippen molar-refractivity contribution in [1.29, 1.82) is 0 Å². The summed E-state index contributed by atoms with van der Waals surface area (Å²) in [7, 11) is 0. The number of urea groups is 1. The van der Waals surface area contributed by atoms with Crippen molar-refractivity contribution in [2.24, 2.45) is 5.92 Å². The van der Waals surface area contributed by atoms with Crippen molar-refractivity contribution >= 4 is 17.8 Å². The number of imide groups is 2. The first-order valence-corrected chi connectivity index (χ1v) is 5.68. The summed E-state index contributed by atoms with van der Waals surface area (Å²) in [6, 6.07) is -0.999. The molecule has 4 amide bonds. The zero-order chi connectivity index (χ0) is 13.0. The van der Waals surface area contributed by atoms with Crippen molar-refractivity contribution in [3.05, 3.63) is 0 Å². The Hall–Kier alpha value is -1.83. The topological polar surface area (TPSA) is 66.5 Å². The third-order valence-corrected chi connectivity index (χ3v) is 2.90. The number of amides is 4. The summed E-state index contributed by atoms with van der Waals surface area (Å²) < 4.78 is 0. The molecule has 92 valence electrons. The summed E-state index contributed by atoms with van der Waals surface area (Å²) in [5.74, 6) is 0.704. The van der Waals surface area contributed by atoms with E-state index in [0.29, 0.717) is 19.3 Å². The molecule has 1 heterocycles. The van der Waals surface area contributed by atoms with Crippen molar-refractivity contribution in [2.45, 2.75) is 39.2 Å². The Kier molecular flexibility index (Phi) is 4.27. The predicted octanol–water partition coefficient (Wildman–Crippen LogP) is 0.893. The van der Waals surface area contributed by atoms with Crippen LogP contribution in [-0.4, -0.2) is 28.8 Å². The van der Waals surface area contributed by atoms with Gasteiger partial charge in [0, 0.05) is 6.42 Å². The Balaban J connectivity index is 2.97. The van der Waals surface area contributed by atoms with E-state index in [0.717, 1.165) is 4.90 Å². The molecule has 0 bridgehead atoms. The van der Waals surface area contributed by atoms with E-state index in [4.69, 9.17) is 6.42 Å². The van der Waals surface area contributed by atoms with Crippen molar-refractivity contribution in [2.75, 3.05) is 0 Å². The van der Waals surface area contributed by atoms with Gasteiger partial charge >= 0.3 is 6.03 Å². The highest BCUT2D eigenvalue weighted by Gasteiger charge is 2.41. The van der Waals surface area contributed by atoms with E-state index in [1.807, 2.05) is 6.92 Å². The number of carbonyl (C=O) groups excluding carboxylic acids is 3. The first-order valence-electron chi connectivity index (χ1n) is 5.68. The zero-order valence-electron chi connectivity index (χ0n) is 10.0. The predicted molar refractivity (Wildman–Crippen MR) is 61.7 cm³/mol. The summed E-state index contributed by atoms with van der Waals surface area (Å²) in [6.07, 6.45) is 6.47. The highest BCUT2D eigenvalue weighted by molar-refractivity contribution is 6.16. The molecule has 1 rings (SSSR count). The molecule has 17 heavy (non-hydrogen) atoms. The van der Waals surface area contributed by atoms with Gasteiger partial charge in [-0.15, -0.1) is 12.3 Å². The third kappa shape index (κ3) is 2.47. The lowest BCUT2D eigenvalue weighted by molar-refractivity contribution is -0.144. The summed E-state index contributed by atoms with van der Waals surface area (Å²) >= 11 is 0. The molecular weight excluding hydrogens is 220 g/mol. The second kappa shape index (κ2) is 5.48. The minimum absolute atomic E-state index is 0.306. The lowest BCUT2D eigenvalue weighted by Gasteiger charge is -2.34. The van der Waals surface area contributed by atoms with E-state index < -0.39 is 23.8 Å². The van der Waals surface area contributed by atoms with Crippen LogP contribution in [0.4, 0.5) is 4.79 Å². The molecule has 5 heteroatoms. The quantitative estimate of drug-likeness (QED) is 0.582. The minimum Gasteiger partial charge on any atom is -0.277 e. The van der Waals surface area contributed by atoms with Gasteiger partial charge in [0.2, 0.25) is 11.8 Å².